The molecule has 1 aromatic heterocycles. The third-order valence-electron chi connectivity index (χ3n) is 3.95. The van der Waals surface area contributed by atoms with Crippen molar-refractivity contribution >= 4 is 17.5 Å². The Kier molecular flexibility index (Phi) is 5.95. The third kappa shape index (κ3) is 5.13. The first-order chi connectivity index (χ1) is 13.5. The van der Waals surface area contributed by atoms with E-state index in [1.54, 1.807) is 31.3 Å². The molecule has 3 rings (SSSR count). The van der Waals surface area contributed by atoms with E-state index in [4.69, 9.17) is 4.74 Å². The highest BCUT2D eigenvalue weighted by atomic mass is 16.5. The van der Waals surface area contributed by atoms with Crippen LogP contribution in [0.1, 0.15) is 5.56 Å². The Bertz CT molecular complexity index is 923. The van der Waals surface area contributed by atoms with E-state index in [0.717, 1.165) is 11.3 Å². The van der Waals surface area contributed by atoms with Crippen molar-refractivity contribution in [3.63, 3.8) is 0 Å². The quantitative estimate of drug-likeness (QED) is 0.666. The van der Waals surface area contributed by atoms with E-state index in [0.29, 0.717) is 11.4 Å². The lowest BCUT2D eigenvalue weighted by molar-refractivity contribution is -0.135. The van der Waals surface area contributed by atoms with Crippen LogP contribution in [-0.4, -0.2) is 57.1 Å². The maximum absolute atomic E-state index is 12.2. The summed E-state index contributed by atoms with van der Waals surface area (Å²) in [6, 6.07) is 14.4. The van der Waals surface area contributed by atoms with Crippen LogP contribution in [0.4, 0.5) is 5.69 Å². The number of carbonyl (C=O) groups excluding carboxylic acids is 2. The molecule has 144 valence electrons. The molecule has 1 N–H and O–H groups in total. The topological polar surface area (TPSA) is 102 Å². The Morgan fingerprint density at radius 3 is 2.46 bits per heavy atom. The number of rotatable bonds is 7. The predicted molar refractivity (Wildman–Crippen MR) is 102 cm³/mol. The van der Waals surface area contributed by atoms with Gasteiger partial charge in [-0.2, -0.15) is 0 Å². The van der Waals surface area contributed by atoms with E-state index >= 15 is 0 Å². The summed E-state index contributed by atoms with van der Waals surface area (Å²) >= 11 is 0. The van der Waals surface area contributed by atoms with Crippen LogP contribution in [0.25, 0.3) is 5.69 Å². The number of carbonyl (C=O) groups is 2. The lowest BCUT2D eigenvalue weighted by atomic mass is 10.2. The number of benzene rings is 2. The van der Waals surface area contributed by atoms with Crippen LogP contribution in [0.3, 0.4) is 0 Å². The fourth-order valence-electron chi connectivity index (χ4n) is 2.37. The van der Waals surface area contributed by atoms with Crippen molar-refractivity contribution in [2.24, 2.45) is 0 Å². The minimum atomic E-state index is -0.302. The first-order valence-corrected chi connectivity index (χ1v) is 8.58. The van der Waals surface area contributed by atoms with Crippen LogP contribution in [0.15, 0.2) is 54.9 Å². The fourth-order valence-corrected chi connectivity index (χ4v) is 2.37. The van der Waals surface area contributed by atoms with Gasteiger partial charge < -0.3 is 15.0 Å². The number of amides is 2. The summed E-state index contributed by atoms with van der Waals surface area (Å²) in [4.78, 5) is 25.6. The average molecular weight is 380 g/mol. The van der Waals surface area contributed by atoms with Crippen molar-refractivity contribution < 1.29 is 14.3 Å². The van der Waals surface area contributed by atoms with Gasteiger partial charge in [-0.05, 0) is 53.7 Å². The van der Waals surface area contributed by atoms with E-state index in [2.05, 4.69) is 20.8 Å². The summed E-state index contributed by atoms with van der Waals surface area (Å²) in [5.74, 6) is -0.0446. The van der Waals surface area contributed by atoms with E-state index in [-0.39, 0.29) is 25.0 Å². The number of ether oxygens (including phenoxy) is 1. The van der Waals surface area contributed by atoms with Gasteiger partial charge in [-0.1, -0.05) is 17.7 Å². The summed E-state index contributed by atoms with van der Waals surface area (Å²) in [5.41, 5.74) is 2.57. The highest BCUT2D eigenvalue weighted by molar-refractivity contribution is 5.94. The third-order valence-corrected chi connectivity index (χ3v) is 3.95. The number of anilines is 1. The molecule has 0 unspecified atom stereocenters. The Balaban J connectivity index is 1.46. The number of hydrogen-bond donors (Lipinski definition) is 1. The number of aryl methyl sites for hydroxylation is 1. The van der Waals surface area contributed by atoms with E-state index < -0.39 is 0 Å². The summed E-state index contributed by atoms with van der Waals surface area (Å²) in [5, 5.41) is 13.7. The van der Waals surface area contributed by atoms with Crippen LogP contribution < -0.4 is 10.1 Å². The molecule has 3 aromatic rings. The minimum Gasteiger partial charge on any atom is -0.484 e. The molecule has 0 aliphatic heterocycles. The smallest absolute Gasteiger partial charge is 0.260 e. The minimum absolute atomic E-state index is 0.0612. The number of nitrogens with zero attached hydrogens (tertiary/aromatic N) is 5. The molecule has 0 fully saturated rings. The molecule has 9 heteroatoms. The maximum atomic E-state index is 12.2. The molecule has 0 spiro atoms. The van der Waals surface area contributed by atoms with E-state index in [9.17, 15) is 9.59 Å². The number of likely N-dealkylation sites (N-methyl/N-ethyl adjacent to an activating group) is 1. The second kappa shape index (κ2) is 8.76. The Morgan fingerprint density at radius 1 is 1.11 bits per heavy atom. The molecule has 0 aliphatic carbocycles. The van der Waals surface area contributed by atoms with Crippen molar-refractivity contribution in [2.75, 3.05) is 25.5 Å². The molecule has 0 saturated carbocycles. The van der Waals surface area contributed by atoms with Crippen LogP contribution in [0, 0.1) is 6.92 Å². The number of nitrogens with one attached hydrogen (secondary N) is 1. The molecule has 0 atom stereocenters. The Hall–Kier alpha value is -3.75. The molecule has 0 aliphatic rings. The fraction of sp³-hybridized carbons (Fsp3) is 0.211. The lowest BCUT2D eigenvalue weighted by Crippen LogP contribution is -2.37. The van der Waals surface area contributed by atoms with Gasteiger partial charge in [0.1, 0.15) is 12.1 Å². The molecule has 9 nitrogen and oxygen atoms in total. The summed E-state index contributed by atoms with van der Waals surface area (Å²) in [6.07, 6.45) is 1.48. The zero-order valence-electron chi connectivity index (χ0n) is 15.6. The summed E-state index contributed by atoms with van der Waals surface area (Å²) in [6.45, 7) is 1.74. The highest BCUT2D eigenvalue weighted by Crippen LogP contribution is 2.14. The van der Waals surface area contributed by atoms with Gasteiger partial charge in [-0.15, -0.1) is 5.10 Å². The molecule has 28 heavy (non-hydrogen) atoms. The standard InChI is InChI=1S/C19H20N6O3/c1-14-3-5-15(6-4-14)21-18(26)11-24(2)19(27)12-28-17-9-7-16(8-10-17)25-13-20-22-23-25/h3-10,13H,11-12H2,1-2H3,(H,21,26). The van der Waals surface area contributed by atoms with Crippen LogP contribution >= 0.6 is 0 Å². The van der Waals surface area contributed by atoms with E-state index in [1.165, 1.54) is 15.9 Å². The SMILES string of the molecule is Cc1ccc(NC(=O)CN(C)C(=O)COc2ccc(-n3cnnn3)cc2)cc1. The first kappa shape index (κ1) is 19.0. The van der Waals surface area contributed by atoms with Crippen molar-refractivity contribution in [1.82, 2.24) is 25.1 Å². The van der Waals surface area contributed by atoms with Crippen molar-refractivity contribution in [1.29, 1.82) is 0 Å². The van der Waals surface area contributed by atoms with Gasteiger partial charge in [0, 0.05) is 12.7 Å². The highest BCUT2D eigenvalue weighted by Gasteiger charge is 2.14. The van der Waals surface area contributed by atoms with Crippen LogP contribution in [0.2, 0.25) is 0 Å². The van der Waals surface area contributed by atoms with Crippen molar-refractivity contribution in [3.05, 3.63) is 60.4 Å². The molecular weight excluding hydrogens is 360 g/mol. The largest absolute Gasteiger partial charge is 0.484 e. The first-order valence-electron chi connectivity index (χ1n) is 8.58. The monoisotopic (exact) mass is 380 g/mol. The van der Waals surface area contributed by atoms with Gasteiger partial charge in [0.25, 0.3) is 5.91 Å². The van der Waals surface area contributed by atoms with Crippen LogP contribution in [0.5, 0.6) is 5.75 Å². The molecule has 2 amide bonds. The number of aromatic nitrogens is 4. The molecule has 1 heterocycles. The van der Waals surface area contributed by atoms with Crippen LogP contribution in [-0.2, 0) is 9.59 Å². The summed E-state index contributed by atoms with van der Waals surface area (Å²) in [7, 11) is 1.56. The molecule has 0 bridgehead atoms. The second-order valence-corrected chi connectivity index (χ2v) is 6.20. The zero-order valence-corrected chi connectivity index (χ0v) is 15.6. The molecule has 0 radical (unpaired) electrons. The number of tetrazole rings is 1. The van der Waals surface area contributed by atoms with Crippen molar-refractivity contribution in [2.45, 2.75) is 6.92 Å². The van der Waals surface area contributed by atoms with Gasteiger partial charge in [0.05, 0.1) is 12.2 Å². The normalized spacial score (nSPS) is 10.4. The molecular formula is C19H20N6O3. The second-order valence-electron chi connectivity index (χ2n) is 6.20. The van der Waals surface area contributed by atoms with E-state index in [1.807, 2.05) is 31.2 Å². The molecule has 2 aromatic carbocycles. The van der Waals surface area contributed by atoms with Gasteiger partial charge >= 0.3 is 0 Å². The zero-order chi connectivity index (χ0) is 19.9. The average Bonchev–Trinajstić information content (AvgIpc) is 3.23. The van der Waals surface area contributed by atoms with Gasteiger partial charge in [0.15, 0.2) is 6.61 Å². The van der Waals surface area contributed by atoms with Gasteiger partial charge in [-0.3, -0.25) is 9.59 Å². The maximum Gasteiger partial charge on any atom is 0.260 e. The number of hydrogen-bond acceptors (Lipinski definition) is 6. The predicted octanol–water partition coefficient (Wildman–Crippen LogP) is 1.45. The Morgan fingerprint density at radius 2 is 1.82 bits per heavy atom. The van der Waals surface area contributed by atoms with Gasteiger partial charge in [-0.25, -0.2) is 4.68 Å². The Labute approximate surface area is 161 Å². The lowest BCUT2D eigenvalue weighted by Gasteiger charge is -2.17. The van der Waals surface area contributed by atoms with Crippen molar-refractivity contribution in [3.8, 4) is 11.4 Å². The summed E-state index contributed by atoms with van der Waals surface area (Å²) < 4.78 is 7.00. The molecule has 0 saturated heterocycles. The van der Waals surface area contributed by atoms with Gasteiger partial charge in [0.2, 0.25) is 5.91 Å².